The summed E-state index contributed by atoms with van der Waals surface area (Å²) in [5, 5.41) is 15.0. The highest BCUT2D eigenvalue weighted by Gasteiger charge is 2.13. The van der Waals surface area contributed by atoms with Gasteiger partial charge in [-0.3, -0.25) is 10.1 Å². The Balaban J connectivity index is 2.08. The van der Waals surface area contributed by atoms with Gasteiger partial charge < -0.3 is 5.32 Å². The fourth-order valence-corrected chi connectivity index (χ4v) is 2.32. The van der Waals surface area contributed by atoms with E-state index in [0.717, 1.165) is 11.1 Å². The Labute approximate surface area is 128 Å². The zero-order valence-corrected chi connectivity index (χ0v) is 12.7. The largest absolute Gasteiger partial charge is 0.306 e. The van der Waals surface area contributed by atoms with Crippen molar-refractivity contribution in [2.75, 3.05) is 0 Å². The van der Waals surface area contributed by atoms with Crippen molar-refractivity contribution in [1.82, 2.24) is 5.32 Å². The Morgan fingerprint density at radius 1 is 1.24 bits per heavy atom. The second-order valence-electron chi connectivity index (χ2n) is 4.97. The molecule has 0 spiro atoms. The lowest BCUT2D eigenvalue weighted by Crippen LogP contribution is -2.18. The third-order valence-electron chi connectivity index (χ3n) is 3.58. The molecule has 0 saturated heterocycles. The molecule has 2 rings (SSSR count). The molecule has 4 nitrogen and oxygen atoms in total. The van der Waals surface area contributed by atoms with Crippen molar-refractivity contribution in [3.8, 4) is 0 Å². The molecular formula is C16H17ClN2O2. The molecule has 0 bridgehead atoms. The molecule has 0 heterocycles. The van der Waals surface area contributed by atoms with Crippen LogP contribution in [0.25, 0.3) is 0 Å². The number of nitro groups is 1. The Kier molecular flexibility index (Phi) is 4.94. The van der Waals surface area contributed by atoms with Gasteiger partial charge in [0.15, 0.2) is 0 Å². The van der Waals surface area contributed by atoms with E-state index in [1.807, 2.05) is 30.3 Å². The van der Waals surface area contributed by atoms with Crippen LogP contribution in [0.4, 0.5) is 5.69 Å². The fourth-order valence-electron chi connectivity index (χ4n) is 2.19. The molecule has 110 valence electrons. The number of nitro benzene ring substituents is 1. The van der Waals surface area contributed by atoms with E-state index in [-0.39, 0.29) is 16.7 Å². The maximum Gasteiger partial charge on any atom is 0.272 e. The summed E-state index contributed by atoms with van der Waals surface area (Å²) < 4.78 is 0. The maximum absolute atomic E-state index is 10.9. The zero-order valence-electron chi connectivity index (χ0n) is 12.0. The van der Waals surface area contributed by atoms with Crippen molar-refractivity contribution < 1.29 is 4.92 Å². The van der Waals surface area contributed by atoms with Crippen LogP contribution in [0.1, 0.15) is 29.7 Å². The quantitative estimate of drug-likeness (QED) is 0.657. The van der Waals surface area contributed by atoms with E-state index >= 15 is 0 Å². The van der Waals surface area contributed by atoms with Crippen LogP contribution in [0, 0.1) is 17.0 Å². The summed E-state index contributed by atoms with van der Waals surface area (Å²) in [7, 11) is 0. The van der Waals surface area contributed by atoms with Crippen LogP contribution >= 0.6 is 11.6 Å². The Bertz CT molecular complexity index is 641. The molecule has 0 aliphatic heterocycles. The van der Waals surface area contributed by atoms with Gasteiger partial charge in [0.1, 0.15) is 0 Å². The Hall–Kier alpha value is -1.91. The Morgan fingerprint density at radius 2 is 1.90 bits per heavy atom. The minimum absolute atomic E-state index is 0.140. The summed E-state index contributed by atoms with van der Waals surface area (Å²) >= 11 is 5.87. The van der Waals surface area contributed by atoms with Crippen LogP contribution < -0.4 is 5.32 Å². The highest BCUT2D eigenvalue weighted by molar-refractivity contribution is 6.30. The number of hydrogen-bond acceptors (Lipinski definition) is 3. The second kappa shape index (κ2) is 6.70. The second-order valence-corrected chi connectivity index (χ2v) is 5.41. The predicted molar refractivity (Wildman–Crippen MR) is 84.5 cm³/mol. The van der Waals surface area contributed by atoms with E-state index < -0.39 is 0 Å². The zero-order chi connectivity index (χ0) is 15.4. The predicted octanol–water partition coefficient (Wildman–Crippen LogP) is 4.41. The number of halogens is 1. The number of hydrogen-bond donors (Lipinski definition) is 1. The van der Waals surface area contributed by atoms with Gasteiger partial charge in [-0.25, -0.2) is 0 Å². The topological polar surface area (TPSA) is 55.2 Å². The van der Waals surface area contributed by atoms with Crippen molar-refractivity contribution in [3.63, 3.8) is 0 Å². The third kappa shape index (κ3) is 3.80. The first-order valence-corrected chi connectivity index (χ1v) is 7.08. The first kappa shape index (κ1) is 15.5. The van der Waals surface area contributed by atoms with E-state index in [4.69, 9.17) is 11.6 Å². The van der Waals surface area contributed by atoms with Gasteiger partial charge in [-0.2, -0.15) is 0 Å². The van der Waals surface area contributed by atoms with Gasteiger partial charge in [0, 0.05) is 29.2 Å². The summed E-state index contributed by atoms with van der Waals surface area (Å²) in [4.78, 5) is 10.6. The van der Waals surface area contributed by atoms with Crippen molar-refractivity contribution >= 4 is 17.3 Å². The fraction of sp³-hybridized carbons (Fsp3) is 0.250. The van der Waals surface area contributed by atoms with E-state index in [1.165, 1.54) is 6.07 Å². The summed E-state index contributed by atoms with van der Waals surface area (Å²) in [5.74, 6) is 0. The van der Waals surface area contributed by atoms with E-state index in [0.29, 0.717) is 17.1 Å². The van der Waals surface area contributed by atoms with Gasteiger partial charge in [-0.1, -0.05) is 35.9 Å². The van der Waals surface area contributed by atoms with Crippen LogP contribution in [0.3, 0.4) is 0 Å². The van der Waals surface area contributed by atoms with Crippen LogP contribution in [-0.4, -0.2) is 4.92 Å². The van der Waals surface area contributed by atoms with Gasteiger partial charge in [-0.15, -0.1) is 0 Å². The summed E-state index contributed by atoms with van der Waals surface area (Å²) in [6, 6.07) is 12.9. The smallest absolute Gasteiger partial charge is 0.272 e. The number of nitrogens with one attached hydrogen (secondary N) is 1. The first-order chi connectivity index (χ1) is 9.99. The average molecular weight is 305 g/mol. The molecule has 0 aliphatic carbocycles. The minimum atomic E-state index is -0.346. The first-order valence-electron chi connectivity index (χ1n) is 6.70. The van der Waals surface area contributed by atoms with Crippen molar-refractivity contribution in [2.45, 2.75) is 26.4 Å². The van der Waals surface area contributed by atoms with Crippen molar-refractivity contribution in [2.24, 2.45) is 0 Å². The standard InChI is InChI=1S/C16H17ClN2O2/c1-11-14(4-3-5-16(11)19(20)21)10-18-12(2)13-6-8-15(17)9-7-13/h3-9,12,18H,10H2,1-2H3/t12-/m0/s1. The highest BCUT2D eigenvalue weighted by Crippen LogP contribution is 2.22. The van der Waals surface area contributed by atoms with Crippen molar-refractivity contribution in [3.05, 3.63) is 74.3 Å². The molecule has 0 aromatic heterocycles. The normalized spacial score (nSPS) is 12.1. The third-order valence-corrected chi connectivity index (χ3v) is 3.83. The molecule has 0 amide bonds. The van der Waals surface area contributed by atoms with Gasteiger partial charge in [0.05, 0.1) is 4.92 Å². The SMILES string of the molecule is Cc1c(CN[C@@H](C)c2ccc(Cl)cc2)cccc1[N+](=O)[O-]. The molecule has 2 aromatic carbocycles. The molecule has 2 aromatic rings. The van der Waals surface area contributed by atoms with Gasteiger partial charge >= 0.3 is 0 Å². The molecule has 0 saturated carbocycles. The lowest BCUT2D eigenvalue weighted by Gasteiger charge is -2.15. The number of benzene rings is 2. The lowest BCUT2D eigenvalue weighted by molar-refractivity contribution is -0.385. The molecule has 0 fully saturated rings. The van der Waals surface area contributed by atoms with Crippen LogP contribution in [-0.2, 0) is 6.54 Å². The van der Waals surface area contributed by atoms with E-state index in [2.05, 4.69) is 12.2 Å². The van der Waals surface area contributed by atoms with Gasteiger partial charge in [-0.05, 0) is 37.1 Å². The van der Waals surface area contributed by atoms with E-state index in [1.54, 1.807) is 13.0 Å². The maximum atomic E-state index is 10.9. The molecule has 0 aliphatic rings. The molecule has 1 atom stereocenters. The molecular weight excluding hydrogens is 288 g/mol. The summed E-state index contributed by atoms with van der Waals surface area (Å²) in [5.41, 5.74) is 2.93. The van der Waals surface area contributed by atoms with Gasteiger partial charge in [0.25, 0.3) is 5.69 Å². The molecule has 0 radical (unpaired) electrons. The molecule has 5 heteroatoms. The lowest BCUT2D eigenvalue weighted by atomic mass is 10.1. The number of rotatable bonds is 5. The molecule has 1 N–H and O–H groups in total. The molecule has 21 heavy (non-hydrogen) atoms. The number of nitrogens with zero attached hydrogens (tertiary/aromatic N) is 1. The minimum Gasteiger partial charge on any atom is -0.306 e. The van der Waals surface area contributed by atoms with Crippen LogP contribution in [0.15, 0.2) is 42.5 Å². The molecule has 0 unspecified atom stereocenters. The highest BCUT2D eigenvalue weighted by atomic mass is 35.5. The summed E-state index contributed by atoms with van der Waals surface area (Å²) in [6.07, 6.45) is 0. The van der Waals surface area contributed by atoms with Crippen molar-refractivity contribution in [1.29, 1.82) is 0 Å². The Morgan fingerprint density at radius 3 is 2.52 bits per heavy atom. The monoisotopic (exact) mass is 304 g/mol. The van der Waals surface area contributed by atoms with E-state index in [9.17, 15) is 10.1 Å². The van der Waals surface area contributed by atoms with Crippen LogP contribution in [0.5, 0.6) is 0 Å². The van der Waals surface area contributed by atoms with Crippen LogP contribution in [0.2, 0.25) is 5.02 Å². The summed E-state index contributed by atoms with van der Waals surface area (Å²) in [6.45, 7) is 4.41. The van der Waals surface area contributed by atoms with Gasteiger partial charge in [0.2, 0.25) is 0 Å². The average Bonchev–Trinajstić information content (AvgIpc) is 2.46.